The van der Waals surface area contributed by atoms with Gasteiger partial charge in [0.25, 0.3) is 0 Å². The lowest BCUT2D eigenvalue weighted by atomic mass is 9.83. The van der Waals surface area contributed by atoms with Gasteiger partial charge in [-0.2, -0.15) is 0 Å². The second kappa shape index (κ2) is 6.90. The van der Waals surface area contributed by atoms with Gasteiger partial charge in [-0.05, 0) is 24.8 Å². The molecule has 106 valence electrons. The predicted molar refractivity (Wildman–Crippen MR) is 78.4 cm³/mol. The molecule has 0 unspecified atom stereocenters. The number of nitrogens with one attached hydrogen (secondary N) is 1. The number of hydrogen-bond donors (Lipinski definition) is 1. The SMILES string of the molecule is Cc1nc(OCCC2CCC2)ccc1CNC(C)C. The molecular weight excluding hydrogens is 236 g/mol. The number of rotatable bonds is 7. The van der Waals surface area contributed by atoms with E-state index in [1.165, 1.54) is 31.2 Å². The van der Waals surface area contributed by atoms with Gasteiger partial charge in [0.05, 0.1) is 6.61 Å². The van der Waals surface area contributed by atoms with E-state index >= 15 is 0 Å². The molecular formula is C16H26N2O. The van der Waals surface area contributed by atoms with Crippen molar-refractivity contribution in [3.63, 3.8) is 0 Å². The van der Waals surface area contributed by atoms with Crippen LogP contribution in [0.15, 0.2) is 12.1 Å². The Labute approximate surface area is 116 Å². The Morgan fingerprint density at radius 1 is 1.37 bits per heavy atom. The highest BCUT2D eigenvalue weighted by Gasteiger charge is 2.16. The van der Waals surface area contributed by atoms with Crippen LogP contribution in [0.2, 0.25) is 0 Å². The minimum atomic E-state index is 0.498. The van der Waals surface area contributed by atoms with Crippen LogP contribution >= 0.6 is 0 Å². The second-order valence-electron chi connectivity index (χ2n) is 5.86. The summed E-state index contributed by atoms with van der Waals surface area (Å²) in [5.74, 6) is 1.67. The lowest BCUT2D eigenvalue weighted by Gasteiger charge is -2.24. The van der Waals surface area contributed by atoms with Gasteiger partial charge < -0.3 is 10.1 Å². The summed E-state index contributed by atoms with van der Waals surface area (Å²) in [5.41, 5.74) is 2.31. The molecule has 3 nitrogen and oxygen atoms in total. The summed E-state index contributed by atoms with van der Waals surface area (Å²) in [6.45, 7) is 8.04. The molecule has 1 aliphatic rings. The second-order valence-corrected chi connectivity index (χ2v) is 5.86. The van der Waals surface area contributed by atoms with Crippen molar-refractivity contribution in [1.29, 1.82) is 0 Å². The fraction of sp³-hybridized carbons (Fsp3) is 0.688. The van der Waals surface area contributed by atoms with Crippen LogP contribution in [0.1, 0.15) is 50.8 Å². The highest BCUT2D eigenvalue weighted by molar-refractivity contribution is 5.24. The van der Waals surface area contributed by atoms with E-state index in [4.69, 9.17) is 4.74 Å². The van der Waals surface area contributed by atoms with Crippen molar-refractivity contribution in [2.24, 2.45) is 5.92 Å². The quantitative estimate of drug-likeness (QED) is 0.817. The van der Waals surface area contributed by atoms with E-state index in [0.29, 0.717) is 6.04 Å². The molecule has 0 aliphatic heterocycles. The van der Waals surface area contributed by atoms with Crippen LogP contribution in [0, 0.1) is 12.8 Å². The first-order chi connectivity index (χ1) is 9.15. The van der Waals surface area contributed by atoms with Crippen LogP contribution in [0.3, 0.4) is 0 Å². The normalized spacial score (nSPS) is 15.6. The van der Waals surface area contributed by atoms with Crippen LogP contribution in [-0.2, 0) is 6.54 Å². The Morgan fingerprint density at radius 3 is 2.74 bits per heavy atom. The monoisotopic (exact) mass is 262 g/mol. The Bertz CT molecular complexity index is 400. The summed E-state index contributed by atoms with van der Waals surface area (Å²) in [7, 11) is 0. The smallest absolute Gasteiger partial charge is 0.213 e. The number of pyridine rings is 1. The highest BCUT2D eigenvalue weighted by Crippen LogP contribution is 2.29. The lowest BCUT2D eigenvalue weighted by molar-refractivity contribution is 0.217. The molecule has 1 aromatic rings. The maximum absolute atomic E-state index is 5.74. The molecule has 0 bridgehead atoms. The Hall–Kier alpha value is -1.09. The van der Waals surface area contributed by atoms with E-state index in [-0.39, 0.29) is 0 Å². The van der Waals surface area contributed by atoms with E-state index in [1.54, 1.807) is 0 Å². The van der Waals surface area contributed by atoms with Crippen LogP contribution in [0.5, 0.6) is 5.88 Å². The minimum Gasteiger partial charge on any atom is -0.478 e. The van der Waals surface area contributed by atoms with E-state index in [2.05, 4.69) is 37.1 Å². The van der Waals surface area contributed by atoms with Gasteiger partial charge in [-0.1, -0.05) is 39.2 Å². The van der Waals surface area contributed by atoms with Crippen molar-refractivity contribution in [2.45, 2.75) is 59.0 Å². The first kappa shape index (κ1) is 14.3. The Kier molecular flexibility index (Phi) is 5.20. The van der Waals surface area contributed by atoms with Crippen LogP contribution in [0.25, 0.3) is 0 Å². The van der Waals surface area contributed by atoms with Gasteiger partial charge in [0.15, 0.2) is 0 Å². The summed E-state index contributed by atoms with van der Waals surface area (Å²) in [5, 5.41) is 3.41. The van der Waals surface area contributed by atoms with Crippen molar-refractivity contribution in [2.75, 3.05) is 6.61 Å². The maximum atomic E-state index is 5.74. The molecule has 1 saturated carbocycles. The Morgan fingerprint density at radius 2 is 2.16 bits per heavy atom. The predicted octanol–water partition coefficient (Wildman–Crippen LogP) is 3.46. The number of nitrogens with zero attached hydrogens (tertiary/aromatic N) is 1. The topological polar surface area (TPSA) is 34.1 Å². The summed E-state index contributed by atoms with van der Waals surface area (Å²) < 4.78 is 5.74. The van der Waals surface area contributed by atoms with E-state index in [1.807, 2.05) is 6.07 Å². The lowest BCUT2D eigenvalue weighted by Crippen LogP contribution is -2.22. The molecule has 2 rings (SSSR count). The van der Waals surface area contributed by atoms with Gasteiger partial charge >= 0.3 is 0 Å². The number of aromatic nitrogens is 1. The molecule has 0 atom stereocenters. The van der Waals surface area contributed by atoms with Crippen molar-refractivity contribution < 1.29 is 4.74 Å². The van der Waals surface area contributed by atoms with Gasteiger partial charge in [0.2, 0.25) is 5.88 Å². The minimum absolute atomic E-state index is 0.498. The summed E-state index contributed by atoms with van der Waals surface area (Å²) in [6.07, 6.45) is 5.35. The van der Waals surface area contributed by atoms with Crippen LogP contribution < -0.4 is 10.1 Å². The molecule has 1 N–H and O–H groups in total. The highest BCUT2D eigenvalue weighted by atomic mass is 16.5. The third-order valence-electron chi connectivity index (χ3n) is 3.87. The molecule has 0 aromatic carbocycles. The zero-order chi connectivity index (χ0) is 13.7. The summed E-state index contributed by atoms with van der Waals surface area (Å²) in [6, 6.07) is 4.61. The molecule has 0 saturated heterocycles. The fourth-order valence-electron chi connectivity index (χ4n) is 2.26. The Balaban J connectivity index is 1.79. The van der Waals surface area contributed by atoms with Crippen LogP contribution in [0.4, 0.5) is 0 Å². The molecule has 1 heterocycles. The molecule has 1 aliphatic carbocycles. The largest absolute Gasteiger partial charge is 0.478 e. The summed E-state index contributed by atoms with van der Waals surface area (Å²) in [4.78, 5) is 4.53. The third kappa shape index (κ3) is 4.50. The molecule has 3 heteroatoms. The first-order valence-corrected chi connectivity index (χ1v) is 7.48. The molecule has 0 amide bonds. The van der Waals surface area contributed by atoms with Crippen molar-refractivity contribution in [1.82, 2.24) is 10.3 Å². The van der Waals surface area contributed by atoms with Crippen molar-refractivity contribution >= 4 is 0 Å². The molecule has 1 fully saturated rings. The average Bonchev–Trinajstić information content (AvgIpc) is 2.31. The molecule has 0 spiro atoms. The maximum Gasteiger partial charge on any atom is 0.213 e. The number of hydrogen-bond acceptors (Lipinski definition) is 3. The van der Waals surface area contributed by atoms with Crippen LogP contribution in [-0.4, -0.2) is 17.6 Å². The number of aryl methyl sites for hydroxylation is 1. The standard InChI is InChI=1S/C16H26N2O/c1-12(2)17-11-15-7-8-16(18-13(15)3)19-10-9-14-5-4-6-14/h7-8,12,14,17H,4-6,9-11H2,1-3H3. The van der Waals surface area contributed by atoms with Crippen molar-refractivity contribution in [3.8, 4) is 5.88 Å². The van der Waals surface area contributed by atoms with Gasteiger partial charge in [-0.3, -0.25) is 0 Å². The molecule has 0 radical (unpaired) electrons. The molecule has 1 aromatic heterocycles. The summed E-state index contributed by atoms with van der Waals surface area (Å²) >= 11 is 0. The molecule has 19 heavy (non-hydrogen) atoms. The fourth-order valence-corrected chi connectivity index (χ4v) is 2.26. The van der Waals surface area contributed by atoms with Gasteiger partial charge in [0.1, 0.15) is 0 Å². The van der Waals surface area contributed by atoms with E-state index in [0.717, 1.165) is 30.6 Å². The van der Waals surface area contributed by atoms with Gasteiger partial charge in [0, 0.05) is 24.3 Å². The zero-order valence-electron chi connectivity index (χ0n) is 12.4. The average molecular weight is 262 g/mol. The first-order valence-electron chi connectivity index (χ1n) is 7.48. The van der Waals surface area contributed by atoms with Gasteiger partial charge in [-0.25, -0.2) is 4.98 Å². The van der Waals surface area contributed by atoms with E-state index in [9.17, 15) is 0 Å². The van der Waals surface area contributed by atoms with E-state index < -0.39 is 0 Å². The third-order valence-corrected chi connectivity index (χ3v) is 3.87. The zero-order valence-corrected chi connectivity index (χ0v) is 12.4. The number of ether oxygens (including phenoxy) is 1. The van der Waals surface area contributed by atoms with Crippen molar-refractivity contribution in [3.05, 3.63) is 23.4 Å². The van der Waals surface area contributed by atoms with Gasteiger partial charge in [-0.15, -0.1) is 0 Å².